The van der Waals surface area contributed by atoms with Crippen LogP contribution < -0.4 is 5.32 Å². The van der Waals surface area contributed by atoms with Crippen molar-refractivity contribution in [3.63, 3.8) is 0 Å². The highest BCUT2D eigenvalue weighted by molar-refractivity contribution is 5.76. The zero-order chi connectivity index (χ0) is 58.5. The van der Waals surface area contributed by atoms with Crippen molar-refractivity contribution in [3.8, 4) is 0 Å². The van der Waals surface area contributed by atoms with Crippen LogP contribution in [0, 0.1) is 0 Å². The van der Waals surface area contributed by atoms with Gasteiger partial charge in [0.2, 0.25) is 5.91 Å². The second-order valence-electron chi connectivity index (χ2n) is 25.6. The number of carbonyl (C=O) groups is 2. The van der Waals surface area contributed by atoms with E-state index in [0.29, 0.717) is 25.9 Å². The molecule has 0 saturated carbocycles. The summed E-state index contributed by atoms with van der Waals surface area (Å²) in [5.41, 5.74) is 0. The summed E-state index contributed by atoms with van der Waals surface area (Å²) in [6.45, 7) is 4.97. The minimum atomic E-state index is -0.665. The van der Waals surface area contributed by atoms with Crippen LogP contribution in [0.3, 0.4) is 0 Å². The Hall–Kier alpha value is -1.66. The Balaban J connectivity index is 3.36. The Labute approximate surface area is 507 Å². The number of hydrogen-bond acceptors (Lipinski definition) is 5. The predicted molar refractivity (Wildman–Crippen MR) is 356 cm³/mol. The molecule has 2 unspecified atom stereocenters. The van der Waals surface area contributed by atoms with E-state index in [4.69, 9.17) is 4.74 Å². The molecule has 0 aliphatic carbocycles. The molecule has 0 aromatic rings. The van der Waals surface area contributed by atoms with Crippen LogP contribution in [0.15, 0.2) is 24.3 Å². The van der Waals surface area contributed by atoms with E-state index in [1.54, 1.807) is 0 Å². The maximum Gasteiger partial charge on any atom is 0.305 e. The van der Waals surface area contributed by atoms with Crippen LogP contribution in [0.25, 0.3) is 0 Å². The van der Waals surface area contributed by atoms with E-state index in [-0.39, 0.29) is 18.5 Å². The molecule has 0 saturated heterocycles. The molecule has 6 heteroatoms. The number of unbranched alkanes of at least 4 members (excludes halogenated alkanes) is 55. The van der Waals surface area contributed by atoms with Gasteiger partial charge in [0, 0.05) is 12.8 Å². The van der Waals surface area contributed by atoms with Gasteiger partial charge in [0.05, 0.1) is 25.4 Å². The number of carbonyl (C=O) groups excluding carboxylic acids is 2. The molecular weight excluding hydrogens is 995 g/mol. The van der Waals surface area contributed by atoms with Crippen molar-refractivity contribution in [1.29, 1.82) is 0 Å². The second kappa shape index (κ2) is 70.8. The molecule has 480 valence electrons. The number of nitrogens with one attached hydrogen (secondary N) is 1. The molecular formula is C75H145NO5. The number of allylic oxidation sites excluding steroid dienone is 4. The highest BCUT2D eigenvalue weighted by Crippen LogP contribution is 2.20. The lowest BCUT2D eigenvalue weighted by molar-refractivity contribution is -0.143. The van der Waals surface area contributed by atoms with Crippen LogP contribution in [0.2, 0.25) is 0 Å². The molecule has 0 aromatic carbocycles. The number of aliphatic hydroxyl groups excluding tert-OH is 2. The van der Waals surface area contributed by atoms with Gasteiger partial charge in [-0.25, -0.2) is 0 Å². The molecule has 2 atom stereocenters. The second-order valence-corrected chi connectivity index (χ2v) is 25.6. The average Bonchev–Trinajstić information content (AvgIpc) is 3.47. The fraction of sp³-hybridized carbons (Fsp3) is 0.920. The number of amides is 1. The number of rotatable bonds is 70. The summed E-state index contributed by atoms with van der Waals surface area (Å²) in [7, 11) is 0. The van der Waals surface area contributed by atoms with Crippen molar-refractivity contribution in [3.05, 3.63) is 24.3 Å². The Morgan fingerprint density at radius 2 is 0.617 bits per heavy atom. The topological polar surface area (TPSA) is 95.9 Å². The standard InChI is InChI=1S/C75H145NO5/c1-3-5-7-9-11-13-15-17-19-21-23-28-32-35-39-43-47-51-55-59-63-67-73(78)72(71-77)76-74(79)68-64-60-56-52-48-44-40-36-33-29-26-24-25-27-30-34-38-42-46-50-54-58-62-66-70-81-75(80)69-65-61-57-53-49-45-41-37-31-22-20-18-16-14-12-10-8-6-4-2/h12,14,18,20,72-73,77-78H,3-11,13,15-17,19,21-71H2,1-2H3,(H,76,79)/b14-12-,20-18-. The normalized spacial score (nSPS) is 12.6. The SMILES string of the molecule is CCCCC/C=C\C/C=C\CCCCCCCCCCCC(=O)OCCCCCCCCCCCCCCCCCCCCCCCCCCC(=O)NC(CO)C(O)CCCCCCCCCCCCCCCCCCCCCCC. The molecule has 0 spiro atoms. The van der Waals surface area contributed by atoms with Crippen LogP contribution >= 0.6 is 0 Å². The van der Waals surface area contributed by atoms with Gasteiger partial charge in [-0.2, -0.15) is 0 Å². The third-order valence-corrected chi connectivity index (χ3v) is 17.5. The smallest absolute Gasteiger partial charge is 0.305 e. The van der Waals surface area contributed by atoms with Crippen molar-refractivity contribution in [2.45, 2.75) is 431 Å². The minimum Gasteiger partial charge on any atom is -0.466 e. The lowest BCUT2D eigenvalue weighted by Gasteiger charge is -2.22. The monoisotopic (exact) mass is 1140 g/mol. The quantitative estimate of drug-likeness (QED) is 0.0320. The molecule has 0 radical (unpaired) electrons. The summed E-state index contributed by atoms with van der Waals surface area (Å²) in [6, 6.07) is -0.542. The Morgan fingerprint density at radius 3 is 0.963 bits per heavy atom. The summed E-state index contributed by atoms with van der Waals surface area (Å²) in [5.74, 6) is -0.0162. The largest absolute Gasteiger partial charge is 0.466 e. The van der Waals surface area contributed by atoms with Gasteiger partial charge in [0.1, 0.15) is 0 Å². The van der Waals surface area contributed by atoms with Crippen molar-refractivity contribution in [1.82, 2.24) is 5.32 Å². The van der Waals surface area contributed by atoms with Gasteiger partial charge < -0.3 is 20.3 Å². The maximum absolute atomic E-state index is 12.6. The average molecular weight is 1140 g/mol. The van der Waals surface area contributed by atoms with Crippen LogP contribution in [-0.4, -0.2) is 47.4 Å². The minimum absolute atomic E-state index is 0.0128. The van der Waals surface area contributed by atoms with Gasteiger partial charge in [-0.05, 0) is 57.8 Å². The molecule has 0 aromatic heterocycles. The van der Waals surface area contributed by atoms with Crippen LogP contribution in [0.1, 0.15) is 418 Å². The van der Waals surface area contributed by atoms with Crippen LogP contribution in [0.4, 0.5) is 0 Å². The summed E-state index contributed by atoms with van der Waals surface area (Å²) < 4.78 is 5.51. The van der Waals surface area contributed by atoms with Crippen molar-refractivity contribution < 1.29 is 24.5 Å². The van der Waals surface area contributed by atoms with Gasteiger partial charge >= 0.3 is 5.97 Å². The fourth-order valence-corrected chi connectivity index (χ4v) is 11.9. The summed E-state index contributed by atoms with van der Waals surface area (Å²) in [5, 5.41) is 23.4. The summed E-state index contributed by atoms with van der Waals surface area (Å²) >= 11 is 0. The van der Waals surface area contributed by atoms with Gasteiger partial charge in [-0.3, -0.25) is 9.59 Å². The third-order valence-electron chi connectivity index (χ3n) is 17.5. The first-order chi connectivity index (χ1) is 40.0. The predicted octanol–water partition coefficient (Wildman–Crippen LogP) is 24.1. The summed E-state index contributed by atoms with van der Waals surface area (Å²) in [4.78, 5) is 24.7. The first-order valence-corrected chi connectivity index (χ1v) is 37.1. The molecule has 0 rings (SSSR count). The lowest BCUT2D eigenvalue weighted by atomic mass is 10.0. The van der Waals surface area contributed by atoms with Crippen molar-refractivity contribution in [2.75, 3.05) is 13.2 Å². The summed E-state index contributed by atoms with van der Waals surface area (Å²) in [6.07, 6.45) is 89.5. The zero-order valence-electron chi connectivity index (χ0n) is 55.0. The molecule has 1 amide bonds. The van der Waals surface area contributed by atoms with E-state index >= 15 is 0 Å². The Morgan fingerprint density at radius 1 is 0.346 bits per heavy atom. The van der Waals surface area contributed by atoms with Crippen LogP contribution in [0.5, 0.6) is 0 Å². The number of aliphatic hydroxyl groups is 2. The van der Waals surface area contributed by atoms with Crippen molar-refractivity contribution in [2.24, 2.45) is 0 Å². The van der Waals surface area contributed by atoms with E-state index in [9.17, 15) is 19.8 Å². The molecule has 81 heavy (non-hydrogen) atoms. The van der Waals surface area contributed by atoms with Gasteiger partial charge in [0.15, 0.2) is 0 Å². The van der Waals surface area contributed by atoms with E-state index in [2.05, 4.69) is 43.5 Å². The number of ether oxygens (including phenoxy) is 1. The van der Waals surface area contributed by atoms with E-state index in [1.165, 1.54) is 334 Å². The molecule has 3 N–H and O–H groups in total. The Kier molecular flexibility index (Phi) is 69.4. The van der Waals surface area contributed by atoms with E-state index < -0.39 is 12.1 Å². The first kappa shape index (κ1) is 79.3. The van der Waals surface area contributed by atoms with E-state index in [1.807, 2.05) is 0 Å². The van der Waals surface area contributed by atoms with Gasteiger partial charge in [-0.1, -0.05) is 372 Å². The fourth-order valence-electron chi connectivity index (χ4n) is 11.9. The number of hydrogen-bond donors (Lipinski definition) is 3. The molecule has 0 bridgehead atoms. The third kappa shape index (κ3) is 67.3. The molecule has 0 aliphatic heterocycles. The molecule has 0 aliphatic rings. The zero-order valence-corrected chi connectivity index (χ0v) is 55.0. The van der Waals surface area contributed by atoms with Crippen molar-refractivity contribution >= 4 is 11.9 Å². The highest BCUT2D eigenvalue weighted by atomic mass is 16.5. The van der Waals surface area contributed by atoms with Crippen LogP contribution in [-0.2, 0) is 14.3 Å². The molecule has 0 heterocycles. The lowest BCUT2D eigenvalue weighted by Crippen LogP contribution is -2.45. The number of esters is 1. The maximum atomic E-state index is 12.6. The highest BCUT2D eigenvalue weighted by Gasteiger charge is 2.20. The van der Waals surface area contributed by atoms with E-state index in [0.717, 1.165) is 51.4 Å². The first-order valence-electron chi connectivity index (χ1n) is 37.1. The van der Waals surface area contributed by atoms with Gasteiger partial charge in [-0.15, -0.1) is 0 Å². The molecule has 0 fully saturated rings. The Bertz CT molecular complexity index is 1270. The molecule has 6 nitrogen and oxygen atoms in total. The van der Waals surface area contributed by atoms with Gasteiger partial charge in [0.25, 0.3) is 0 Å².